The zero-order valence-corrected chi connectivity index (χ0v) is 7.38. The van der Waals surface area contributed by atoms with Crippen LogP contribution in [0.5, 0.6) is 0 Å². The molecular formula is C6H8F4N4O. The first kappa shape index (κ1) is 11.7. The van der Waals surface area contributed by atoms with E-state index < -0.39 is 18.9 Å². The highest BCUT2D eigenvalue weighted by molar-refractivity contribution is 5.17. The highest BCUT2D eigenvalue weighted by Gasteiger charge is 2.40. The number of nitrogens with zero attached hydrogens (tertiary/aromatic N) is 2. The number of nitrogens with two attached hydrogens (primary N) is 1. The van der Waals surface area contributed by atoms with Gasteiger partial charge in [0.1, 0.15) is 0 Å². The van der Waals surface area contributed by atoms with Crippen LogP contribution in [-0.4, -0.2) is 29.1 Å². The van der Waals surface area contributed by atoms with Gasteiger partial charge >= 0.3 is 18.4 Å². The summed E-state index contributed by atoms with van der Waals surface area (Å²) in [5.74, 6) is -4.12. The van der Waals surface area contributed by atoms with E-state index in [1.807, 2.05) is 5.32 Å². The summed E-state index contributed by atoms with van der Waals surface area (Å²) in [5.41, 5.74) is 5.10. The van der Waals surface area contributed by atoms with Crippen molar-refractivity contribution >= 4 is 6.01 Å². The van der Waals surface area contributed by atoms with Crippen molar-refractivity contribution in [3.05, 3.63) is 5.89 Å². The molecule has 0 saturated heterocycles. The van der Waals surface area contributed by atoms with Crippen LogP contribution in [0.15, 0.2) is 4.42 Å². The van der Waals surface area contributed by atoms with Crippen molar-refractivity contribution in [3.63, 3.8) is 0 Å². The van der Waals surface area contributed by atoms with Crippen molar-refractivity contribution in [2.75, 3.05) is 11.9 Å². The van der Waals surface area contributed by atoms with E-state index in [0.717, 1.165) is 0 Å². The molecule has 15 heavy (non-hydrogen) atoms. The second kappa shape index (κ2) is 4.43. The fourth-order valence-electron chi connectivity index (χ4n) is 0.678. The monoisotopic (exact) mass is 228 g/mol. The summed E-state index contributed by atoms with van der Waals surface area (Å²) in [6.07, 6.45) is -3.75. The maximum absolute atomic E-state index is 12.4. The minimum absolute atomic E-state index is 0.0258. The van der Waals surface area contributed by atoms with Gasteiger partial charge < -0.3 is 15.5 Å². The minimum atomic E-state index is -4.14. The van der Waals surface area contributed by atoms with Crippen LogP contribution in [-0.2, 0) is 6.54 Å². The molecule has 0 aliphatic rings. The predicted molar refractivity (Wildman–Crippen MR) is 41.6 cm³/mol. The third-order valence-corrected chi connectivity index (χ3v) is 1.44. The van der Waals surface area contributed by atoms with E-state index in [1.54, 1.807) is 0 Å². The Morgan fingerprint density at radius 1 is 1.40 bits per heavy atom. The quantitative estimate of drug-likeness (QED) is 0.730. The largest absolute Gasteiger partial charge is 0.407 e. The summed E-state index contributed by atoms with van der Waals surface area (Å²) in [7, 11) is 0. The van der Waals surface area contributed by atoms with Crippen molar-refractivity contribution in [3.8, 4) is 0 Å². The molecule has 3 N–H and O–H groups in total. The molecular weight excluding hydrogens is 220 g/mol. The van der Waals surface area contributed by atoms with Crippen LogP contribution < -0.4 is 11.1 Å². The van der Waals surface area contributed by atoms with Crippen LogP contribution in [0.4, 0.5) is 23.6 Å². The second-order valence-electron chi connectivity index (χ2n) is 2.62. The average Bonchev–Trinajstić information content (AvgIpc) is 2.62. The highest BCUT2D eigenvalue weighted by Crippen LogP contribution is 2.22. The first-order valence-corrected chi connectivity index (χ1v) is 3.88. The summed E-state index contributed by atoms with van der Waals surface area (Å²) in [4.78, 5) is 0. The van der Waals surface area contributed by atoms with E-state index in [4.69, 9.17) is 5.73 Å². The lowest BCUT2D eigenvalue weighted by atomic mass is 10.3. The molecule has 0 bridgehead atoms. The third kappa shape index (κ3) is 3.05. The van der Waals surface area contributed by atoms with Crippen molar-refractivity contribution < 1.29 is 22.0 Å². The van der Waals surface area contributed by atoms with Crippen LogP contribution in [0.25, 0.3) is 0 Å². The fraction of sp³-hybridized carbons (Fsp3) is 0.667. The van der Waals surface area contributed by atoms with E-state index in [0.29, 0.717) is 0 Å². The third-order valence-electron chi connectivity index (χ3n) is 1.44. The molecule has 86 valence electrons. The molecule has 0 aliphatic heterocycles. The summed E-state index contributed by atoms with van der Waals surface area (Å²) in [6, 6.07) is -0.365. The summed E-state index contributed by atoms with van der Waals surface area (Å²) in [5, 5.41) is 8.50. The Morgan fingerprint density at radius 2 is 2.07 bits per heavy atom. The number of hydrogen-bond acceptors (Lipinski definition) is 5. The Hall–Kier alpha value is -1.38. The first-order valence-electron chi connectivity index (χ1n) is 3.88. The summed E-state index contributed by atoms with van der Waals surface area (Å²) >= 11 is 0. The smallest absolute Gasteiger partial charge is 0.324 e. The number of alkyl halides is 4. The molecule has 5 nitrogen and oxygen atoms in total. The van der Waals surface area contributed by atoms with Gasteiger partial charge in [-0.3, -0.25) is 0 Å². The van der Waals surface area contributed by atoms with E-state index in [9.17, 15) is 17.6 Å². The van der Waals surface area contributed by atoms with Gasteiger partial charge in [0.05, 0.1) is 13.1 Å². The Labute approximate surface area is 81.6 Å². The fourth-order valence-corrected chi connectivity index (χ4v) is 0.678. The van der Waals surface area contributed by atoms with Gasteiger partial charge in [0.15, 0.2) is 0 Å². The number of anilines is 1. The van der Waals surface area contributed by atoms with Crippen molar-refractivity contribution in [2.24, 2.45) is 5.73 Å². The van der Waals surface area contributed by atoms with Crippen LogP contribution in [0.1, 0.15) is 5.89 Å². The van der Waals surface area contributed by atoms with Crippen LogP contribution in [0, 0.1) is 0 Å². The van der Waals surface area contributed by atoms with Crippen molar-refractivity contribution in [1.82, 2.24) is 10.2 Å². The Morgan fingerprint density at radius 3 is 2.53 bits per heavy atom. The highest BCUT2D eigenvalue weighted by atomic mass is 19.3. The lowest BCUT2D eigenvalue weighted by Gasteiger charge is -2.14. The maximum Gasteiger partial charge on any atom is 0.324 e. The number of aromatic nitrogens is 2. The molecule has 9 heteroatoms. The molecule has 0 aliphatic carbocycles. The molecule has 1 heterocycles. The lowest BCUT2D eigenvalue weighted by Crippen LogP contribution is -2.34. The Balaban J connectivity index is 2.50. The minimum Gasteiger partial charge on any atom is -0.407 e. The standard InChI is InChI=1S/C6H8F4N4O/c7-4(8)6(9,10)2-12-5-14-13-3(1-11)15-5/h4H,1-2,11H2,(H,12,14). The number of halogens is 4. The van der Waals surface area contributed by atoms with Gasteiger partial charge in [-0.1, -0.05) is 5.10 Å². The van der Waals surface area contributed by atoms with Gasteiger partial charge in [-0.25, -0.2) is 8.78 Å². The SMILES string of the molecule is NCc1nnc(NCC(F)(F)C(F)F)o1. The van der Waals surface area contributed by atoms with Crippen molar-refractivity contribution in [2.45, 2.75) is 18.9 Å². The zero-order chi connectivity index (χ0) is 11.5. The molecule has 0 atom stereocenters. The summed E-state index contributed by atoms with van der Waals surface area (Å²) in [6.45, 7) is -1.34. The second-order valence-corrected chi connectivity index (χ2v) is 2.62. The van der Waals surface area contributed by atoms with Gasteiger partial charge in [-0.05, 0) is 0 Å². The topological polar surface area (TPSA) is 77.0 Å². The lowest BCUT2D eigenvalue weighted by molar-refractivity contribution is -0.117. The predicted octanol–water partition coefficient (Wildman–Crippen LogP) is 0.841. The molecule has 1 aromatic rings. The van der Waals surface area contributed by atoms with Gasteiger partial charge in [0.2, 0.25) is 5.89 Å². The average molecular weight is 228 g/mol. The maximum atomic E-state index is 12.4. The molecule has 0 amide bonds. The Bertz CT molecular complexity index is 316. The molecule has 1 aromatic heterocycles. The molecule has 0 aromatic carbocycles. The molecule has 0 fully saturated rings. The van der Waals surface area contributed by atoms with Gasteiger partial charge in [0, 0.05) is 0 Å². The van der Waals surface area contributed by atoms with E-state index >= 15 is 0 Å². The molecule has 0 spiro atoms. The van der Waals surface area contributed by atoms with E-state index in [-0.39, 0.29) is 18.5 Å². The number of nitrogens with one attached hydrogen (secondary N) is 1. The molecule has 0 radical (unpaired) electrons. The molecule has 0 saturated carbocycles. The summed E-state index contributed by atoms with van der Waals surface area (Å²) < 4.78 is 52.9. The normalized spacial score (nSPS) is 12.1. The molecule has 1 rings (SSSR count). The van der Waals surface area contributed by atoms with Gasteiger partial charge in [-0.15, -0.1) is 5.10 Å². The van der Waals surface area contributed by atoms with Gasteiger partial charge in [-0.2, -0.15) is 8.78 Å². The number of rotatable bonds is 5. The van der Waals surface area contributed by atoms with Crippen molar-refractivity contribution in [1.29, 1.82) is 0 Å². The molecule has 0 unspecified atom stereocenters. The van der Waals surface area contributed by atoms with Gasteiger partial charge in [0.25, 0.3) is 0 Å². The van der Waals surface area contributed by atoms with Crippen LogP contribution in [0.2, 0.25) is 0 Å². The Kier molecular flexibility index (Phi) is 3.45. The zero-order valence-electron chi connectivity index (χ0n) is 7.38. The van der Waals surface area contributed by atoms with E-state index in [1.165, 1.54) is 0 Å². The first-order chi connectivity index (χ1) is 6.95. The van der Waals surface area contributed by atoms with Crippen LogP contribution >= 0.6 is 0 Å². The van der Waals surface area contributed by atoms with Crippen LogP contribution in [0.3, 0.4) is 0 Å². The van der Waals surface area contributed by atoms with E-state index in [2.05, 4.69) is 14.6 Å². The number of hydrogen-bond donors (Lipinski definition) is 2.